The van der Waals surface area contributed by atoms with Crippen molar-refractivity contribution in [1.82, 2.24) is 4.90 Å². The van der Waals surface area contributed by atoms with Crippen molar-refractivity contribution in [1.29, 1.82) is 0 Å². The Kier molecular flexibility index (Phi) is 7.69. The summed E-state index contributed by atoms with van der Waals surface area (Å²) in [6.07, 6.45) is -5.49. The average Bonchev–Trinajstić information content (AvgIpc) is 3.41. The number of nitrogens with zero attached hydrogens (tertiary/aromatic N) is 1. The van der Waals surface area contributed by atoms with Crippen LogP contribution in [0.1, 0.15) is 37.0 Å². The molecule has 1 spiro atoms. The quantitative estimate of drug-likeness (QED) is 0.323. The molecule has 12 nitrogen and oxygen atoms in total. The summed E-state index contributed by atoms with van der Waals surface area (Å²) in [6.45, 7) is 4.68. The van der Waals surface area contributed by atoms with Crippen LogP contribution in [0.3, 0.4) is 0 Å². The lowest BCUT2D eigenvalue weighted by Gasteiger charge is -2.70. The first kappa shape index (κ1) is 32.4. The van der Waals surface area contributed by atoms with Crippen LogP contribution in [0.5, 0.6) is 0 Å². The van der Waals surface area contributed by atoms with Gasteiger partial charge in [-0.3, -0.25) is 9.69 Å². The predicted octanol–water partition coefficient (Wildman–Crippen LogP) is 0.648. The Morgan fingerprint density at radius 3 is 2.30 bits per heavy atom. The smallest absolute Gasteiger partial charge is 0.338 e. The minimum absolute atomic E-state index is 0.0791. The number of carbonyl (C=O) groups is 2. The highest BCUT2D eigenvalue weighted by molar-refractivity contribution is 5.89. The van der Waals surface area contributed by atoms with Gasteiger partial charge in [-0.1, -0.05) is 25.1 Å². The van der Waals surface area contributed by atoms with Gasteiger partial charge >= 0.3 is 11.9 Å². The molecule has 0 amide bonds. The molecule has 1 aromatic carbocycles. The molecule has 254 valence electrons. The number of methoxy groups -OCH3 is 4. The minimum atomic E-state index is -1.83. The van der Waals surface area contributed by atoms with Crippen LogP contribution in [0.15, 0.2) is 30.3 Å². The lowest BCUT2D eigenvalue weighted by Crippen LogP contribution is -2.81. The summed E-state index contributed by atoms with van der Waals surface area (Å²) in [7, 11) is 6.27. The maximum atomic E-state index is 13.8. The first-order valence-corrected chi connectivity index (χ1v) is 16.3. The Morgan fingerprint density at radius 1 is 1.00 bits per heavy atom. The van der Waals surface area contributed by atoms with Crippen LogP contribution in [0.2, 0.25) is 0 Å². The van der Waals surface area contributed by atoms with Gasteiger partial charge in [-0.05, 0) is 31.0 Å². The van der Waals surface area contributed by atoms with Gasteiger partial charge in [0.05, 0.1) is 30.5 Å². The van der Waals surface area contributed by atoms with Gasteiger partial charge in [0.25, 0.3) is 0 Å². The van der Waals surface area contributed by atoms with E-state index >= 15 is 0 Å². The molecule has 1 heterocycles. The number of ether oxygens (including phenoxy) is 6. The van der Waals surface area contributed by atoms with E-state index in [4.69, 9.17) is 28.4 Å². The fourth-order valence-electron chi connectivity index (χ4n) is 12.3. The van der Waals surface area contributed by atoms with Crippen molar-refractivity contribution in [2.75, 3.05) is 48.1 Å². The number of benzene rings is 1. The molecule has 0 aromatic heterocycles. The van der Waals surface area contributed by atoms with Crippen LogP contribution in [0, 0.1) is 34.5 Å². The van der Waals surface area contributed by atoms with Gasteiger partial charge in [-0.2, -0.15) is 0 Å². The van der Waals surface area contributed by atoms with E-state index in [0.29, 0.717) is 25.1 Å². The molecule has 6 aliphatic rings. The van der Waals surface area contributed by atoms with E-state index in [9.17, 15) is 24.9 Å². The Balaban J connectivity index is 1.53. The predicted molar refractivity (Wildman–Crippen MR) is 160 cm³/mol. The summed E-state index contributed by atoms with van der Waals surface area (Å²) < 4.78 is 37.4. The first-order chi connectivity index (χ1) is 22.0. The molecule has 0 radical (unpaired) electrons. The zero-order chi connectivity index (χ0) is 33.0. The summed E-state index contributed by atoms with van der Waals surface area (Å²) in [5.41, 5.74) is -4.79. The lowest BCUT2D eigenvalue weighted by atomic mass is 9.42. The minimum Gasteiger partial charge on any atom is -0.455 e. The first-order valence-electron chi connectivity index (χ1n) is 16.3. The Morgan fingerprint density at radius 2 is 1.72 bits per heavy atom. The van der Waals surface area contributed by atoms with Gasteiger partial charge in [0, 0.05) is 83.0 Å². The largest absolute Gasteiger partial charge is 0.455 e. The molecular weight excluding hydrogens is 598 g/mol. The molecular formula is C34H47NO11. The number of esters is 2. The molecule has 7 rings (SSSR count). The molecule has 7 bridgehead atoms. The van der Waals surface area contributed by atoms with Gasteiger partial charge in [0.1, 0.15) is 23.9 Å². The molecule has 2 unspecified atom stereocenters. The SMILES string of the molecule is CCN1C[C@]2(COC)[C@H](O)C[C@H](OC)[C@]34[C@@H]5C[C@@]6(O)[C@H](OC(=O)c7ccccc7)[C@@H]5[C@@](OC(C)=O)(C(C(OC)[C@H]23)[C@H]14)[C@@H](O)[C@@H]6OC. The van der Waals surface area contributed by atoms with Crippen LogP contribution < -0.4 is 0 Å². The third kappa shape index (κ3) is 3.62. The van der Waals surface area contributed by atoms with Gasteiger partial charge in [-0.15, -0.1) is 0 Å². The molecule has 15 atom stereocenters. The van der Waals surface area contributed by atoms with E-state index < -0.39 is 88.3 Å². The Bertz CT molecular complexity index is 1360. The van der Waals surface area contributed by atoms with Crippen molar-refractivity contribution in [3.05, 3.63) is 35.9 Å². The number of rotatable bonds is 9. The molecule has 5 saturated carbocycles. The summed E-state index contributed by atoms with van der Waals surface area (Å²) in [5.74, 6) is -3.65. The highest BCUT2D eigenvalue weighted by Gasteiger charge is 2.92. The number of likely N-dealkylation sites (tertiary alicyclic amines) is 1. The number of piperidine rings is 1. The zero-order valence-electron chi connectivity index (χ0n) is 27.3. The number of hydrogen-bond donors (Lipinski definition) is 3. The van der Waals surface area contributed by atoms with E-state index in [2.05, 4.69) is 4.90 Å². The van der Waals surface area contributed by atoms with Crippen molar-refractivity contribution in [2.24, 2.45) is 34.5 Å². The van der Waals surface area contributed by atoms with Gasteiger partial charge in [0.2, 0.25) is 0 Å². The number of aliphatic hydroxyl groups is 3. The third-order valence-electron chi connectivity index (χ3n) is 13.2. The highest BCUT2D eigenvalue weighted by atomic mass is 16.6. The van der Waals surface area contributed by atoms with Crippen LogP contribution in [-0.2, 0) is 33.2 Å². The zero-order valence-corrected chi connectivity index (χ0v) is 27.3. The second kappa shape index (κ2) is 10.9. The van der Waals surface area contributed by atoms with Crippen LogP contribution in [0.25, 0.3) is 0 Å². The van der Waals surface area contributed by atoms with Crippen molar-refractivity contribution in [2.45, 2.75) is 80.6 Å². The highest BCUT2D eigenvalue weighted by Crippen LogP contribution is 2.80. The molecule has 5 aliphatic carbocycles. The maximum absolute atomic E-state index is 13.8. The standard InChI is InChI=1S/C34H47NO11/c1-7-35-15-31(16-41-3)20(37)13-21(42-4)33-19-14-32(40)28(45-30(39)18-11-9-8-10-12-18)22(19)34(46-17(2)36,27(38)29(32)44-6)23(26(33)35)24(43-5)25(31)33/h8-12,19-29,37-38,40H,7,13-16H2,1-6H3/t19-,20-,21+,22-,23?,24?,25-,26+,27+,28-,29+,31+,32-,33-,34-/m1/s1. The fraction of sp³-hybridized carbons (Fsp3) is 0.765. The molecule has 6 fully saturated rings. The maximum Gasteiger partial charge on any atom is 0.338 e. The monoisotopic (exact) mass is 645 g/mol. The van der Waals surface area contributed by atoms with Gasteiger partial charge < -0.3 is 43.7 Å². The second-order valence-corrected chi connectivity index (χ2v) is 14.4. The molecule has 12 heteroatoms. The van der Waals surface area contributed by atoms with Crippen molar-refractivity contribution >= 4 is 11.9 Å². The summed E-state index contributed by atoms with van der Waals surface area (Å²) >= 11 is 0. The lowest BCUT2D eigenvalue weighted by molar-refractivity contribution is -0.322. The van der Waals surface area contributed by atoms with Crippen molar-refractivity contribution < 1.29 is 53.3 Å². The number of hydrogen-bond acceptors (Lipinski definition) is 12. The summed E-state index contributed by atoms with van der Waals surface area (Å²) in [4.78, 5) is 29.3. The molecule has 1 aliphatic heterocycles. The average molecular weight is 646 g/mol. The molecule has 1 aromatic rings. The third-order valence-corrected chi connectivity index (χ3v) is 13.2. The Labute approximate surface area is 269 Å². The fourth-order valence-corrected chi connectivity index (χ4v) is 12.3. The molecule has 3 N–H and O–H groups in total. The van der Waals surface area contributed by atoms with Crippen LogP contribution in [-0.4, -0.2) is 134 Å². The van der Waals surface area contributed by atoms with E-state index in [1.165, 1.54) is 14.0 Å². The van der Waals surface area contributed by atoms with E-state index in [1.54, 1.807) is 51.7 Å². The summed E-state index contributed by atoms with van der Waals surface area (Å²) in [5, 5.41) is 37.3. The van der Waals surface area contributed by atoms with Crippen molar-refractivity contribution in [3.8, 4) is 0 Å². The number of carbonyl (C=O) groups excluding carboxylic acids is 2. The van der Waals surface area contributed by atoms with E-state index in [1.807, 2.05) is 6.92 Å². The van der Waals surface area contributed by atoms with Gasteiger partial charge in [-0.25, -0.2) is 4.79 Å². The molecule has 1 saturated heterocycles. The Hall–Kier alpha value is -2.16. The van der Waals surface area contributed by atoms with Crippen LogP contribution >= 0.6 is 0 Å². The second-order valence-electron chi connectivity index (χ2n) is 14.4. The normalized spacial score (nSPS) is 49.9. The summed E-state index contributed by atoms with van der Waals surface area (Å²) in [6, 6.07) is 8.18. The van der Waals surface area contributed by atoms with Crippen molar-refractivity contribution in [3.63, 3.8) is 0 Å². The van der Waals surface area contributed by atoms with Gasteiger partial charge in [0.15, 0.2) is 5.60 Å². The molecule has 46 heavy (non-hydrogen) atoms. The number of aliphatic hydroxyl groups excluding tert-OH is 2. The van der Waals surface area contributed by atoms with E-state index in [0.717, 1.165) is 0 Å². The number of fused-ring (bicyclic) bond motifs is 2. The van der Waals surface area contributed by atoms with Crippen LogP contribution in [0.4, 0.5) is 0 Å². The van der Waals surface area contributed by atoms with E-state index in [-0.39, 0.29) is 25.0 Å². The topological polar surface area (TPSA) is 153 Å².